The molecule has 1 atom stereocenters. The van der Waals surface area contributed by atoms with Crippen molar-refractivity contribution in [1.82, 2.24) is 0 Å². The Labute approximate surface area is 77.5 Å². The lowest BCUT2D eigenvalue weighted by Crippen LogP contribution is -2.20. The molecular formula is C8H17NO4. The fourth-order valence-corrected chi connectivity index (χ4v) is 1.17. The van der Waals surface area contributed by atoms with Gasteiger partial charge in [-0.15, -0.1) is 0 Å². The van der Waals surface area contributed by atoms with Crippen molar-refractivity contribution in [2.24, 2.45) is 0 Å². The average Bonchev–Trinajstić information content (AvgIpc) is 2.10. The van der Waals surface area contributed by atoms with Crippen LogP contribution in [0.1, 0.15) is 32.1 Å². The Morgan fingerprint density at radius 1 is 1.08 bits per heavy atom. The van der Waals surface area contributed by atoms with Gasteiger partial charge in [0.05, 0.1) is 0 Å². The number of nitro groups is 1. The van der Waals surface area contributed by atoms with E-state index in [-0.39, 0.29) is 24.6 Å². The van der Waals surface area contributed by atoms with Crippen LogP contribution in [0.15, 0.2) is 0 Å². The highest BCUT2D eigenvalue weighted by molar-refractivity contribution is 4.56. The number of hydrogen-bond donors (Lipinski definition) is 2. The molecule has 0 aliphatic heterocycles. The van der Waals surface area contributed by atoms with Gasteiger partial charge >= 0.3 is 0 Å². The molecule has 0 heterocycles. The Morgan fingerprint density at radius 3 is 2.23 bits per heavy atom. The molecule has 0 rings (SSSR count). The lowest BCUT2D eigenvalue weighted by Gasteiger charge is -2.06. The minimum Gasteiger partial charge on any atom is -0.396 e. The minimum atomic E-state index is -0.622. The van der Waals surface area contributed by atoms with Crippen LogP contribution in [0.3, 0.4) is 0 Å². The molecule has 0 radical (unpaired) electrons. The SMILES string of the molecule is O=[N+]([O-])C(CCO)CCCCCO. The Balaban J connectivity index is 3.51. The summed E-state index contributed by atoms with van der Waals surface area (Å²) >= 11 is 0. The van der Waals surface area contributed by atoms with Crippen LogP contribution in [-0.4, -0.2) is 34.4 Å². The molecule has 1 unspecified atom stereocenters. The first-order valence-electron chi connectivity index (χ1n) is 4.57. The summed E-state index contributed by atoms with van der Waals surface area (Å²) in [6.07, 6.45) is 2.97. The van der Waals surface area contributed by atoms with E-state index in [9.17, 15) is 10.1 Å². The number of rotatable bonds is 8. The van der Waals surface area contributed by atoms with Crippen LogP contribution in [-0.2, 0) is 0 Å². The zero-order valence-corrected chi connectivity index (χ0v) is 7.69. The maximum Gasteiger partial charge on any atom is 0.215 e. The van der Waals surface area contributed by atoms with Crippen LogP contribution >= 0.6 is 0 Å². The molecule has 0 saturated heterocycles. The number of aliphatic hydroxyl groups excluding tert-OH is 2. The minimum absolute atomic E-state index is 0.133. The van der Waals surface area contributed by atoms with Crippen molar-refractivity contribution < 1.29 is 15.1 Å². The third kappa shape index (κ3) is 6.48. The Bertz CT molecular complexity index is 140. The van der Waals surface area contributed by atoms with Crippen LogP contribution in [0.2, 0.25) is 0 Å². The molecular weight excluding hydrogens is 174 g/mol. The van der Waals surface area contributed by atoms with Crippen molar-refractivity contribution in [2.45, 2.75) is 38.1 Å². The first-order chi connectivity index (χ1) is 6.22. The number of aliphatic hydroxyl groups is 2. The third-order valence-electron chi connectivity index (χ3n) is 1.96. The van der Waals surface area contributed by atoms with Crippen molar-refractivity contribution in [1.29, 1.82) is 0 Å². The maximum absolute atomic E-state index is 10.4. The highest BCUT2D eigenvalue weighted by atomic mass is 16.6. The highest BCUT2D eigenvalue weighted by Crippen LogP contribution is 2.08. The zero-order chi connectivity index (χ0) is 10.1. The summed E-state index contributed by atoms with van der Waals surface area (Å²) in [6, 6.07) is -0.622. The van der Waals surface area contributed by atoms with Crippen LogP contribution in [0, 0.1) is 10.1 Å². The summed E-state index contributed by atoms with van der Waals surface area (Å²) in [5, 5.41) is 27.4. The molecule has 5 nitrogen and oxygen atoms in total. The van der Waals surface area contributed by atoms with Crippen LogP contribution < -0.4 is 0 Å². The molecule has 13 heavy (non-hydrogen) atoms. The van der Waals surface area contributed by atoms with Crippen molar-refractivity contribution in [2.75, 3.05) is 13.2 Å². The molecule has 5 heteroatoms. The van der Waals surface area contributed by atoms with Crippen molar-refractivity contribution in [3.05, 3.63) is 10.1 Å². The highest BCUT2D eigenvalue weighted by Gasteiger charge is 2.17. The summed E-state index contributed by atoms with van der Waals surface area (Å²) in [7, 11) is 0. The predicted molar refractivity (Wildman–Crippen MR) is 48.0 cm³/mol. The normalized spacial score (nSPS) is 12.8. The van der Waals surface area contributed by atoms with E-state index in [1.54, 1.807) is 0 Å². The van der Waals surface area contributed by atoms with Crippen molar-refractivity contribution >= 4 is 0 Å². The van der Waals surface area contributed by atoms with Crippen molar-refractivity contribution in [3.63, 3.8) is 0 Å². The van der Waals surface area contributed by atoms with E-state index in [4.69, 9.17) is 10.2 Å². The van der Waals surface area contributed by atoms with Gasteiger partial charge in [0.15, 0.2) is 0 Å². The first-order valence-corrected chi connectivity index (χ1v) is 4.57. The third-order valence-corrected chi connectivity index (χ3v) is 1.96. The molecule has 0 aliphatic rings. The van der Waals surface area contributed by atoms with Gasteiger partial charge in [0.1, 0.15) is 0 Å². The summed E-state index contributed by atoms with van der Waals surface area (Å²) in [5.74, 6) is 0. The molecule has 78 valence electrons. The smallest absolute Gasteiger partial charge is 0.215 e. The summed E-state index contributed by atoms with van der Waals surface area (Å²) < 4.78 is 0. The molecule has 0 amide bonds. The second kappa shape index (κ2) is 7.94. The lowest BCUT2D eigenvalue weighted by atomic mass is 10.1. The van der Waals surface area contributed by atoms with Gasteiger partial charge in [0.2, 0.25) is 6.04 Å². The van der Waals surface area contributed by atoms with Gasteiger partial charge in [0, 0.05) is 31.0 Å². The quantitative estimate of drug-likeness (QED) is 0.333. The molecule has 0 spiro atoms. The van der Waals surface area contributed by atoms with E-state index >= 15 is 0 Å². The van der Waals surface area contributed by atoms with Crippen LogP contribution in [0.25, 0.3) is 0 Å². The summed E-state index contributed by atoms with van der Waals surface area (Å²) in [6.45, 7) is 0.00871. The molecule has 2 N–H and O–H groups in total. The largest absolute Gasteiger partial charge is 0.396 e. The Kier molecular flexibility index (Phi) is 7.53. The van der Waals surface area contributed by atoms with Gasteiger partial charge in [-0.05, 0) is 12.8 Å². The maximum atomic E-state index is 10.4. The van der Waals surface area contributed by atoms with Gasteiger partial charge in [-0.25, -0.2) is 0 Å². The Hall–Kier alpha value is -0.680. The summed E-state index contributed by atoms with van der Waals surface area (Å²) in [4.78, 5) is 10.1. The first kappa shape index (κ1) is 12.3. The number of nitrogens with zero attached hydrogens (tertiary/aromatic N) is 1. The molecule has 0 aromatic carbocycles. The molecule has 0 fully saturated rings. The van der Waals surface area contributed by atoms with Crippen LogP contribution in [0.4, 0.5) is 0 Å². The van der Waals surface area contributed by atoms with Crippen LogP contribution in [0.5, 0.6) is 0 Å². The lowest BCUT2D eigenvalue weighted by molar-refractivity contribution is -0.525. The monoisotopic (exact) mass is 191 g/mol. The topological polar surface area (TPSA) is 83.6 Å². The van der Waals surface area contributed by atoms with Gasteiger partial charge in [-0.2, -0.15) is 0 Å². The molecule has 0 saturated carbocycles. The number of hydrogen-bond acceptors (Lipinski definition) is 4. The van der Waals surface area contributed by atoms with Gasteiger partial charge in [0.25, 0.3) is 0 Å². The van der Waals surface area contributed by atoms with Crippen molar-refractivity contribution in [3.8, 4) is 0 Å². The average molecular weight is 191 g/mol. The fraction of sp³-hybridized carbons (Fsp3) is 1.00. The Morgan fingerprint density at radius 2 is 1.77 bits per heavy atom. The predicted octanol–water partition coefficient (Wildman–Crippen LogP) is 0.567. The van der Waals surface area contributed by atoms with E-state index in [1.807, 2.05) is 0 Å². The summed E-state index contributed by atoms with van der Waals surface area (Å²) in [5.41, 5.74) is 0. The van der Waals surface area contributed by atoms with E-state index in [0.29, 0.717) is 12.8 Å². The van der Waals surface area contributed by atoms with E-state index in [2.05, 4.69) is 0 Å². The van der Waals surface area contributed by atoms with E-state index in [1.165, 1.54) is 0 Å². The molecule has 0 aliphatic carbocycles. The van der Waals surface area contributed by atoms with E-state index in [0.717, 1.165) is 12.8 Å². The van der Waals surface area contributed by atoms with Gasteiger partial charge < -0.3 is 10.2 Å². The fourth-order valence-electron chi connectivity index (χ4n) is 1.17. The second-order valence-corrected chi connectivity index (χ2v) is 3.02. The molecule has 0 aromatic heterocycles. The standard InChI is InChI=1S/C8H17NO4/c10-6-3-1-2-4-8(5-7-11)9(12)13/h8,10-11H,1-7H2. The molecule has 0 bridgehead atoms. The van der Waals surface area contributed by atoms with Gasteiger partial charge in [-0.3, -0.25) is 10.1 Å². The van der Waals surface area contributed by atoms with Gasteiger partial charge in [-0.1, -0.05) is 6.42 Å². The molecule has 0 aromatic rings. The number of unbranched alkanes of at least 4 members (excludes halogenated alkanes) is 2. The van der Waals surface area contributed by atoms with E-state index < -0.39 is 6.04 Å². The zero-order valence-electron chi connectivity index (χ0n) is 7.69. The second-order valence-electron chi connectivity index (χ2n) is 3.02.